The zero-order valence-electron chi connectivity index (χ0n) is 18.7. The van der Waals surface area contributed by atoms with Gasteiger partial charge in [-0.2, -0.15) is 0 Å². The van der Waals surface area contributed by atoms with Crippen LogP contribution in [0.4, 0.5) is 0 Å². The van der Waals surface area contributed by atoms with E-state index in [4.69, 9.17) is 0 Å². The summed E-state index contributed by atoms with van der Waals surface area (Å²) in [5, 5.41) is 0. The molecular formula is C23H38Cl2SiZr. The third-order valence-corrected chi connectivity index (χ3v) is 12.0. The minimum Gasteiger partial charge on any atom is -1.00 e. The van der Waals surface area contributed by atoms with Crippen molar-refractivity contribution in [3.63, 3.8) is 0 Å². The minimum atomic E-state index is -0.574. The van der Waals surface area contributed by atoms with E-state index in [0.717, 1.165) is 0 Å². The normalized spacial score (nSPS) is 19.1. The van der Waals surface area contributed by atoms with Crippen molar-refractivity contribution in [3.8, 4) is 0 Å². The molecule has 1 fully saturated rings. The number of allylic oxidation sites excluding steroid dienone is 8. The summed E-state index contributed by atoms with van der Waals surface area (Å²) in [7, 11) is 0.605. The smallest absolute Gasteiger partial charge is 1.00 e. The van der Waals surface area contributed by atoms with Crippen molar-refractivity contribution >= 4 is 9.52 Å². The van der Waals surface area contributed by atoms with Crippen LogP contribution in [0.1, 0.15) is 74.7 Å². The Kier molecular flexibility index (Phi) is 11.4. The summed E-state index contributed by atoms with van der Waals surface area (Å²) in [6.45, 7) is 18.7. The molecule has 0 N–H and O–H groups in total. The van der Waals surface area contributed by atoms with Gasteiger partial charge in [0.15, 0.2) is 0 Å². The van der Waals surface area contributed by atoms with Gasteiger partial charge in [0.25, 0.3) is 0 Å². The van der Waals surface area contributed by atoms with E-state index >= 15 is 0 Å². The van der Waals surface area contributed by atoms with Crippen LogP contribution in [-0.2, 0) is 23.2 Å². The van der Waals surface area contributed by atoms with Crippen LogP contribution >= 0.6 is 0 Å². The van der Waals surface area contributed by atoms with Gasteiger partial charge in [-0.05, 0) is 0 Å². The van der Waals surface area contributed by atoms with E-state index in [1.54, 1.807) is 47.4 Å². The summed E-state index contributed by atoms with van der Waals surface area (Å²) in [4.78, 5) is 0. The molecule has 27 heavy (non-hydrogen) atoms. The van der Waals surface area contributed by atoms with Crippen LogP contribution in [0, 0.1) is 10.8 Å². The van der Waals surface area contributed by atoms with Crippen molar-refractivity contribution in [2.24, 2.45) is 10.8 Å². The SMILES string of the molecule is C1C[SiH2]C1.CC1=[C]([Zr+2][C]2=C(C)C=C(C(C)(C)C)C2)CC(C(C)(C)C)=C1.[Cl-].[Cl-]. The molecule has 0 aromatic carbocycles. The monoisotopic (exact) mass is 502 g/mol. The predicted octanol–water partition coefficient (Wildman–Crippen LogP) is 0.773. The zero-order chi connectivity index (χ0) is 18.8. The maximum atomic E-state index is 2.47. The molecular weight excluding hydrogens is 466 g/mol. The fraction of sp³-hybridized carbons (Fsp3) is 0.652. The minimum absolute atomic E-state index is 0. The molecule has 2 aliphatic carbocycles. The van der Waals surface area contributed by atoms with E-state index in [1.165, 1.54) is 12.8 Å². The van der Waals surface area contributed by atoms with Crippen LogP contribution in [0.25, 0.3) is 0 Å². The molecule has 0 bridgehead atoms. The van der Waals surface area contributed by atoms with Gasteiger partial charge in [-0.15, -0.1) is 0 Å². The largest absolute Gasteiger partial charge is 1.00 e. The fourth-order valence-electron chi connectivity index (χ4n) is 3.14. The quantitative estimate of drug-likeness (QED) is 0.488. The topological polar surface area (TPSA) is 0 Å². The maximum absolute atomic E-state index is 2.47. The van der Waals surface area contributed by atoms with Crippen LogP contribution in [0.2, 0.25) is 12.1 Å². The molecule has 152 valence electrons. The summed E-state index contributed by atoms with van der Waals surface area (Å²) in [5.41, 5.74) is 7.09. The Labute approximate surface area is 195 Å². The Morgan fingerprint density at radius 1 is 0.741 bits per heavy atom. The van der Waals surface area contributed by atoms with Crippen molar-refractivity contribution in [2.45, 2.75) is 86.7 Å². The molecule has 0 atom stereocenters. The van der Waals surface area contributed by atoms with Gasteiger partial charge >= 0.3 is 143 Å². The Balaban J connectivity index is 0.000000999. The fourth-order valence-corrected chi connectivity index (χ4v) is 7.23. The summed E-state index contributed by atoms with van der Waals surface area (Å²) >= 11 is -0.574. The molecule has 3 rings (SSSR count). The van der Waals surface area contributed by atoms with E-state index in [9.17, 15) is 0 Å². The average molecular weight is 505 g/mol. The van der Waals surface area contributed by atoms with Gasteiger partial charge in [-0.25, -0.2) is 0 Å². The second-order valence-corrected chi connectivity index (χ2v) is 15.8. The van der Waals surface area contributed by atoms with Crippen molar-refractivity contribution < 1.29 is 48.0 Å². The first-order chi connectivity index (χ1) is 11.5. The van der Waals surface area contributed by atoms with Gasteiger partial charge in [-0.1, -0.05) is 18.5 Å². The molecule has 4 heteroatoms. The standard InChI is InChI=1S/2C10H15.C3H8Si.2ClH.Zr/c2*1-8-5-6-9(7-8)10(2,3)4;1-2-4-3-1;;;/h2*7H,6H2,1-4H3;1-4H2;2*1H;/q;;;;;+2/p-2. The first-order valence-corrected chi connectivity index (χ1v) is 14.5. The van der Waals surface area contributed by atoms with Crippen molar-refractivity contribution in [2.75, 3.05) is 0 Å². The van der Waals surface area contributed by atoms with E-state index in [2.05, 4.69) is 67.5 Å². The van der Waals surface area contributed by atoms with Crippen LogP contribution in [0.3, 0.4) is 0 Å². The number of hydrogen-bond donors (Lipinski definition) is 0. The molecule has 0 aromatic heterocycles. The summed E-state index contributed by atoms with van der Waals surface area (Å²) in [5.74, 6) is 0. The van der Waals surface area contributed by atoms with E-state index in [0.29, 0.717) is 20.3 Å². The Morgan fingerprint density at radius 2 is 1.04 bits per heavy atom. The summed E-state index contributed by atoms with van der Waals surface area (Å²) < 4.78 is 3.61. The summed E-state index contributed by atoms with van der Waals surface area (Å²) in [6, 6.07) is 3.28. The molecule has 1 heterocycles. The predicted molar refractivity (Wildman–Crippen MR) is 112 cm³/mol. The van der Waals surface area contributed by atoms with Gasteiger partial charge < -0.3 is 24.8 Å². The van der Waals surface area contributed by atoms with Gasteiger partial charge in [0.1, 0.15) is 0 Å². The first kappa shape index (κ1) is 27.6. The van der Waals surface area contributed by atoms with Crippen molar-refractivity contribution in [1.29, 1.82) is 0 Å². The maximum Gasteiger partial charge on any atom is -1.00 e. The van der Waals surface area contributed by atoms with Crippen molar-refractivity contribution in [1.82, 2.24) is 0 Å². The van der Waals surface area contributed by atoms with Gasteiger partial charge in [-0.3, -0.25) is 0 Å². The van der Waals surface area contributed by atoms with Crippen LogP contribution in [0.5, 0.6) is 0 Å². The molecule has 0 nitrogen and oxygen atoms in total. The average Bonchev–Trinajstić information content (AvgIpc) is 2.92. The molecule has 3 aliphatic rings. The number of rotatable bonds is 2. The molecule has 1 aliphatic heterocycles. The second kappa shape index (κ2) is 11.1. The van der Waals surface area contributed by atoms with Crippen LogP contribution in [-0.4, -0.2) is 9.52 Å². The molecule has 0 amide bonds. The molecule has 0 unspecified atom stereocenters. The third-order valence-electron chi connectivity index (χ3n) is 5.70. The molecule has 0 spiro atoms. The molecule has 0 radical (unpaired) electrons. The van der Waals surface area contributed by atoms with Gasteiger partial charge in [0, 0.05) is 9.52 Å². The van der Waals surface area contributed by atoms with E-state index in [-0.39, 0.29) is 24.8 Å². The van der Waals surface area contributed by atoms with Gasteiger partial charge in [0.05, 0.1) is 0 Å². The first-order valence-electron chi connectivity index (χ1n) is 10.1. The zero-order valence-corrected chi connectivity index (χ0v) is 24.0. The van der Waals surface area contributed by atoms with E-state index in [1.807, 2.05) is 0 Å². The van der Waals surface area contributed by atoms with Gasteiger partial charge in [0.2, 0.25) is 0 Å². The van der Waals surface area contributed by atoms with Crippen LogP contribution in [0.15, 0.2) is 41.0 Å². The Morgan fingerprint density at radius 3 is 1.22 bits per heavy atom. The third kappa shape index (κ3) is 8.12. The van der Waals surface area contributed by atoms with Crippen molar-refractivity contribution in [3.05, 3.63) is 41.0 Å². The second-order valence-electron chi connectivity index (χ2n) is 10.1. The Bertz CT molecular complexity index is 580. The van der Waals surface area contributed by atoms with Crippen LogP contribution < -0.4 is 24.8 Å². The molecule has 1 saturated heterocycles. The Hall–Kier alpha value is 0.640. The molecule has 0 saturated carbocycles. The number of halogens is 2. The number of hydrogen-bond acceptors (Lipinski definition) is 0. The van der Waals surface area contributed by atoms with E-state index < -0.39 is 23.2 Å². The molecule has 0 aromatic rings. The summed E-state index contributed by atoms with van der Waals surface area (Å²) in [6.07, 6.45) is 9.01.